The monoisotopic (exact) mass is 384 g/mol. The summed E-state index contributed by atoms with van der Waals surface area (Å²) in [5, 5.41) is 0. The van der Waals surface area contributed by atoms with Gasteiger partial charge >= 0.3 is 12.2 Å². The van der Waals surface area contributed by atoms with Crippen molar-refractivity contribution in [1.82, 2.24) is 9.80 Å². The molecule has 1 fully saturated rings. The van der Waals surface area contributed by atoms with E-state index in [4.69, 9.17) is 9.47 Å². The van der Waals surface area contributed by atoms with Gasteiger partial charge in [-0.1, -0.05) is 6.07 Å². The Morgan fingerprint density at radius 2 is 1.59 bits per heavy atom. The number of amides is 2. The molecule has 1 aliphatic rings. The molecule has 2 unspecified atom stereocenters. The molecule has 8 heteroatoms. The van der Waals surface area contributed by atoms with Crippen LogP contribution in [0.15, 0.2) is 18.2 Å². The van der Waals surface area contributed by atoms with Crippen LogP contribution in [-0.2, 0) is 16.1 Å². The molecule has 1 aliphatic heterocycles. The highest BCUT2D eigenvalue weighted by atomic mass is 19.1. The SMILES string of the molecule is CC1CN(C(=O)OC(C)(C)C)CC(C)N1C(=O)OCc1c(F)cccc1F. The maximum atomic E-state index is 13.7. The van der Waals surface area contributed by atoms with E-state index in [1.54, 1.807) is 39.5 Å². The molecule has 0 spiro atoms. The maximum absolute atomic E-state index is 13.7. The Kier molecular flexibility index (Phi) is 6.28. The van der Waals surface area contributed by atoms with Gasteiger partial charge in [-0.2, -0.15) is 0 Å². The third-order valence-corrected chi connectivity index (χ3v) is 4.18. The smallest absolute Gasteiger partial charge is 0.410 e. The van der Waals surface area contributed by atoms with Crippen molar-refractivity contribution in [2.75, 3.05) is 13.1 Å². The molecule has 150 valence electrons. The fourth-order valence-electron chi connectivity index (χ4n) is 3.04. The van der Waals surface area contributed by atoms with Gasteiger partial charge in [0, 0.05) is 13.1 Å². The van der Waals surface area contributed by atoms with Gasteiger partial charge in [0.1, 0.15) is 23.8 Å². The molecule has 1 aromatic carbocycles. The molecule has 0 aromatic heterocycles. The Morgan fingerprint density at radius 1 is 1.07 bits per heavy atom. The standard InChI is InChI=1S/C19H26F2N2O4/c1-12-9-22(17(24)27-19(3,4)5)10-13(2)23(12)18(25)26-11-14-15(20)7-6-8-16(14)21/h6-8,12-13H,9-11H2,1-5H3. The van der Waals surface area contributed by atoms with E-state index in [-0.39, 0.29) is 30.7 Å². The normalized spacial score (nSPS) is 20.4. The zero-order valence-corrected chi connectivity index (χ0v) is 16.3. The molecule has 0 bridgehead atoms. The van der Waals surface area contributed by atoms with Crippen LogP contribution >= 0.6 is 0 Å². The van der Waals surface area contributed by atoms with Crippen molar-refractivity contribution in [3.05, 3.63) is 35.4 Å². The number of nitrogens with zero attached hydrogens (tertiary/aromatic N) is 2. The molecule has 2 rings (SSSR count). The quantitative estimate of drug-likeness (QED) is 0.775. The lowest BCUT2D eigenvalue weighted by atomic mass is 10.1. The van der Waals surface area contributed by atoms with Crippen molar-refractivity contribution in [3.63, 3.8) is 0 Å². The van der Waals surface area contributed by atoms with Crippen LogP contribution in [0.4, 0.5) is 18.4 Å². The fraction of sp³-hybridized carbons (Fsp3) is 0.579. The summed E-state index contributed by atoms with van der Waals surface area (Å²) in [6.07, 6.45) is -1.12. The third kappa shape index (κ3) is 5.30. The van der Waals surface area contributed by atoms with Crippen LogP contribution in [0.3, 0.4) is 0 Å². The van der Waals surface area contributed by atoms with Crippen LogP contribution in [0.1, 0.15) is 40.2 Å². The van der Waals surface area contributed by atoms with E-state index in [0.29, 0.717) is 0 Å². The molecular weight excluding hydrogens is 358 g/mol. The van der Waals surface area contributed by atoms with Gasteiger partial charge in [-0.3, -0.25) is 4.90 Å². The van der Waals surface area contributed by atoms with Crippen LogP contribution < -0.4 is 0 Å². The molecule has 0 radical (unpaired) electrons. The highest BCUT2D eigenvalue weighted by Gasteiger charge is 2.37. The predicted octanol–water partition coefficient (Wildman–Crippen LogP) is 3.93. The van der Waals surface area contributed by atoms with Crippen LogP contribution in [0.5, 0.6) is 0 Å². The summed E-state index contributed by atoms with van der Waals surface area (Å²) in [4.78, 5) is 27.7. The first kappa shape index (κ1) is 20.9. The lowest BCUT2D eigenvalue weighted by Gasteiger charge is -2.43. The zero-order chi connectivity index (χ0) is 20.4. The average molecular weight is 384 g/mol. The van der Waals surface area contributed by atoms with Gasteiger partial charge < -0.3 is 14.4 Å². The fourth-order valence-corrected chi connectivity index (χ4v) is 3.04. The lowest BCUT2D eigenvalue weighted by molar-refractivity contribution is -0.00995. The number of hydrogen-bond acceptors (Lipinski definition) is 4. The van der Waals surface area contributed by atoms with E-state index in [9.17, 15) is 18.4 Å². The minimum atomic E-state index is -0.765. The topological polar surface area (TPSA) is 59.1 Å². The van der Waals surface area contributed by atoms with Gasteiger partial charge in [0.2, 0.25) is 0 Å². The van der Waals surface area contributed by atoms with Gasteiger partial charge in [-0.25, -0.2) is 18.4 Å². The summed E-state index contributed by atoms with van der Waals surface area (Å²) < 4.78 is 37.8. The molecule has 0 saturated carbocycles. The second-order valence-corrected chi connectivity index (χ2v) is 7.75. The van der Waals surface area contributed by atoms with Crippen molar-refractivity contribution in [1.29, 1.82) is 0 Å². The Hall–Kier alpha value is -2.38. The first-order chi connectivity index (χ1) is 12.5. The van der Waals surface area contributed by atoms with Crippen LogP contribution in [0.2, 0.25) is 0 Å². The summed E-state index contributed by atoms with van der Waals surface area (Å²) in [6.45, 7) is 8.97. The molecule has 27 heavy (non-hydrogen) atoms. The van der Waals surface area contributed by atoms with E-state index >= 15 is 0 Å². The average Bonchev–Trinajstić information content (AvgIpc) is 2.52. The minimum Gasteiger partial charge on any atom is -0.444 e. The molecular formula is C19H26F2N2O4. The maximum Gasteiger partial charge on any atom is 0.410 e. The number of piperazine rings is 1. The summed E-state index contributed by atoms with van der Waals surface area (Å²) in [5.41, 5.74) is -0.901. The van der Waals surface area contributed by atoms with E-state index in [2.05, 4.69) is 0 Å². The second kappa shape index (κ2) is 8.10. The molecule has 1 heterocycles. The first-order valence-electron chi connectivity index (χ1n) is 8.85. The molecule has 2 atom stereocenters. The first-order valence-corrected chi connectivity index (χ1v) is 8.85. The Labute approximate surface area is 158 Å². The Bertz CT molecular complexity index is 673. The second-order valence-electron chi connectivity index (χ2n) is 7.75. The van der Waals surface area contributed by atoms with Crippen LogP contribution in [-0.4, -0.2) is 52.8 Å². The number of ether oxygens (including phenoxy) is 2. The van der Waals surface area contributed by atoms with Crippen molar-refractivity contribution in [2.45, 2.75) is 58.9 Å². The van der Waals surface area contributed by atoms with Crippen molar-refractivity contribution in [3.8, 4) is 0 Å². The summed E-state index contributed by atoms with van der Waals surface area (Å²) >= 11 is 0. The van der Waals surface area contributed by atoms with E-state index in [1.807, 2.05) is 0 Å². The number of carbonyl (C=O) groups is 2. The zero-order valence-electron chi connectivity index (χ0n) is 16.3. The molecule has 2 amide bonds. The predicted molar refractivity (Wildman–Crippen MR) is 95.1 cm³/mol. The van der Waals surface area contributed by atoms with E-state index < -0.39 is 36.0 Å². The van der Waals surface area contributed by atoms with Crippen LogP contribution in [0.25, 0.3) is 0 Å². The Balaban J connectivity index is 1.99. The van der Waals surface area contributed by atoms with E-state index in [0.717, 1.165) is 12.1 Å². The van der Waals surface area contributed by atoms with Crippen molar-refractivity contribution >= 4 is 12.2 Å². The molecule has 1 aromatic rings. The number of rotatable bonds is 2. The lowest BCUT2D eigenvalue weighted by Crippen LogP contribution is -2.60. The minimum absolute atomic E-state index is 0.280. The summed E-state index contributed by atoms with van der Waals surface area (Å²) in [7, 11) is 0. The highest BCUT2D eigenvalue weighted by Crippen LogP contribution is 2.21. The number of benzene rings is 1. The molecule has 1 saturated heterocycles. The molecule has 0 aliphatic carbocycles. The summed E-state index contributed by atoms with van der Waals surface area (Å²) in [5.74, 6) is -1.53. The molecule has 0 N–H and O–H groups in total. The van der Waals surface area contributed by atoms with Crippen LogP contribution in [0, 0.1) is 11.6 Å². The number of carbonyl (C=O) groups excluding carboxylic acids is 2. The Morgan fingerprint density at radius 3 is 2.07 bits per heavy atom. The highest BCUT2D eigenvalue weighted by molar-refractivity contribution is 5.71. The van der Waals surface area contributed by atoms with E-state index in [1.165, 1.54) is 11.0 Å². The van der Waals surface area contributed by atoms with Crippen molar-refractivity contribution < 1.29 is 27.8 Å². The number of halogens is 2. The van der Waals surface area contributed by atoms with Gasteiger partial charge in [0.25, 0.3) is 0 Å². The van der Waals surface area contributed by atoms with Gasteiger partial charge in [0.05, 0.1) is 17.6 Å². The molecule has 6 nitrogen and oxygen atoms in total. The van der Waals surface area contributed by atoms with Gasteiger partial charge in [0.15, 0.2) is 0 Å². The number of hydrogen-bond donors (Lipinski definition) is 0. The summed E-state index contributed by atoms with van der Waals surface area (Å²) in [6, 6.07) is 2.79. The van der Waals surface area contributed by atoms with Gasteiger partial charge in [-0.05, 0) is 46.8 Å². The third-order valence-electron chi connectivity index (χ3n) is 4.18. The van der Waals surface area contributed by atoms with Gasteiger partial charge in [-0.15, -0.1) is 0 Å². The van der Waals surface area contributed by atoms with Crippen molar-refractivity contribution in [2.24, 2.45) is 0 Å². The largest absolute Gasteiger partial charge is 0.444 e.